The highest BCUT2D eigenvalue weighted by molar-refractivity contribution is 5.82. The van der Waals surface area contributed by atoms with Crippen LogP contribution in [-0.4, -0.2) is 55.2 Å². The highest BCUT2D eigenvalue weighted by Crippen LogP contribution is 2.46. The Morgan fingerprint density at radius 3 is 2.43 bits per heavy atom. The van der Waals surface area contributed by atoms with E-state index in [2.05, 4.69) is 20.4 Å². The van der Waals surface area contributed by atoms with Gasteiger partial charge in [-0.25, -0.2) is 4.39 Å². The first-order valence-electron chi connectivity index (χ1n) is 8.50. The van der Waals surface area contributed by atoms with E-state index in [9.17, 15) is 39.9 Å². The van der Waals surface area contributed by atoms with Gasteiger partial charge in [0.25, 0.3) is 5.88 Å². The maximum Gasteiger partial charge on any atom is 0.460 e. The first-order chi connectivity index (χ1) is 13.8. The number of halogens is 8. The van der Waals surface area contributed by atoms with E-state index in [1.54, 1.807) is 0 Å². The molecular formula is C16H17F8N3O3. The predicted molar refractivity (Wildman–Crippen MR) is 85.1 cm³/mol. The van der Waals surface area contributed by atoms with Gasteiger partial charge in [0.2, 0.25) is 11.8 Å². The van der Waals surface area contributed by atoms with Crippen molar-refractivity contribution < 1.29 is 49.4 Å². The van der Waals surface area contributed by atoms with Gasteiger partial charge in [-0.1, -0.05) is 0 Å². The second-order valence-electron chi connectivity index (χ2n) is 6.38. The first kappa shape index (κ1) is 23.9. The molecule has 14 heteroatoms. The molecule has 2 N–H and O–H groups in total. The van der Waals surface area contributed by atoms with Gasteiger partial charge in [-0.05, 0) is 25.5 Å². The molecule has 1 saturated heterocycles. The summed E-state index contributed by atoms with van der Waals surface area (Å²) in [6, 6.07) is 0.234. The molecule has 1 amide bonds. The quantitative estimate of drug-likeness (QED) is 0.595. The Morgan fingerprint density at radius 1 is 1.23 bits per heavy atom. The molecule has 1 fully saturated rings. The molecule has 0 unspecified atom stereocenters. The van der Waals surface area contributed by atoms with Crippen molar-refractivity contribution >= 4 is 5.91 Å². The van der Waals surface area contributed by atoms with Crippen LogP contribution in [0, 0.1) is 5.82 Å². The lowest BCUT2D eigenvalue weighted by atomic mass is 10.2. The third-order valence-corrected chi connectivity index (χ3v) is 4.21. The molecule has 1 aromatic heterocycles. The minimum atomic E-state index is -6.54. The van der Waals surface area contributed by atoms with Crippen molar-refractivity contribution in [2.45, 2.75) is 43.4 Å². The van der Waals surface area contributed by atoms with Gasteiger partial charge in [0.15, 0.2) is 12.4 Å². The van der Waals surface area contributed by atoms with Crippen LogP contribution in [0.5, 0.6) is 11.8 Å². The van der Waals surface area contributed by atoms with Gasteiger partial charge in [-0.3, -0.25) is 4.79 Å². The minimum absolute atomic E-state index is 0.0407. The highest BCUT2D eigenvalue weighted by atomic mass is 19.4. The summed E-state index contributed by atoms with van der Waals surface area (Å²) in [5.41, 5.74) is -0.0407. The number of aromatic nitrogens is 1. The summed E-state index contributed by atoms with van der Waals surface area (Å²) in [7, 11) is 1.06. The molecule has 0 saturated carbocycles. The van der Waals surface area contributed by atoms with Gasteiger partial charge >= 0.3 is 18.0 Å². The molecule has 170 valence electrons. The van der Waals surface area contributed by atoms with Crippen LogP contribution in [0.3, 0.4) is 0 Å². The molecule has 0 aromatic carbocycles. The van der Waals surface area contributed by atoms with E-state index in [0.717, 1.165) is 13.5 Å². The number of pyridine rings is 1. The number of carbonyl (C=O) groups is 1. The van der Waals surface area contributed by atoms with Gasteiger partial charge < -0.3 is 20.1 Å². The zero-order chi connectivity index (χ0) is 22.7. The Kier molecular flexibility index (Phi) is 6.99. The van der Waals surface area contributed by atoms with E-state index >= 15 is 0 Å². The minimum Gasteiger partial charge on any atom is -0.481 e. The lowest BCUT2D eigenvalue weighted by Crippen LogP contribution is -2.54. The smallest absolute Gasteiger partial charge is 0.460 e. The molecular weight excluding hydrogens is 434 g/mol. The third-order valence-electron chi connectivity index (χ3n) is 4.21. The lowest BCUT2D eigenvalue weighted by molar-refractivity contribution is -0.358. The van der Waals surface area contributed by atoms with Crippen molar-refractivity contribution in [3.8, 4) is 11.8 Å². The van der Waals surface area contributed by atoms with Gasteiger partial charge in [-0.15, -0.1) is 0 Å². The van der Waals surface area contributed by atoms with E-state index in [-0.39, 0.29) is 18.0 Å². The van der Waals surface area contributed by atoms with Gasteiger partial charge in [0.1, 0.15) is 0 Å². The molecule has 0 bridgehead atoms. The SMILES string of the molecule is COc1nc(OCC(F)(F)C(F)(F)C(F)(F)F)c(F)cc1CNC(=O)[C@@H]1CCCN1. The van der Waals surface area contributed by atoms with Crippen LogP contribution in [0.1, 0.15) is 18.4 Å². The number of alkyl halides is 7. The van der Waals surface area contributed by atoms with Crippen molar-refractivity contribution in [1.29, 1.82) is 0 Å². The van der Waals surface area contributed by atoms with Crippen molar-refractivity contribution in [1.82, 2.24) is 15.6 Å². The van der Waals surface area contributed by atoms with E-state index < -0.39 is 48.2 Å². The number of amides is 1. The lowest BCUT2D eigenvalue weighted by Gasteiger charge is -2.27. The predicted octanol–water partition coefficient (Wildman–Crippen LogP) is 2.81. The number of nitrogens with one attached hydrogen (secondary N) is 2. The maximum atomic E-state index is 14.1. The van der Waals surface area contributed by atoms with Crippen molar-refractivity contribution in [2.24, 2.45) is 0 Å². The number of rotatable bonds is 8. The van der Waals surface area contributed by atoms with Crippen LogP contribution in [0.25, 0.3) is 0 Å². The standard InChI is InChI=1S/C16H17F8N3O3/c1-29-12-8(6-26-11(28)10-3-2-4-25-10)5-9(17)13(27-12)30-7-14(18,19)15(20,21)16(22,23)24/h5,10,25H,2-4,6-7H2,1H3,(H,26,28)/t10-/m0/s1. The first-order valence-corrected chi connectivity index (χ1v) is 8.50. The molecule has 2 heterocycles. The van der Waals surface area contributed by atoms with E-state index in [1.165, 1.54) is 0 Å². The Hall–Kier alpha value is -2.38. The molecule has 0 spiro atoms. The monoisotopic (exact) mass is 451 g/mol. The highest BCUT2D eigenvalue weighted by Gasteiger charge is 2.73. The van der Waals surface area contributed by atoms with Crippen molar-refractivity contribution in [3.05, 3.63) is 17.4 Å². The van der Waals surface area contributed by atoms with Crippen LogP contribution in [0.2, 0.25) is 0 Å². The second-order valence-corrected chi connectivity index (χ2v) is 6.38. The summed E-state index contributed by atoms with van der Waals surface area (Å²) >= 11 is 0. The normalized spacial score (nSPS) is 17.7. The molecule has 0 radical (unpaired) electrons. The maximum absolute atomic E-state index is 14.1. The fourth-order valence-electron chi connectivity index (χ4n) is 2.57. The largest absolute Gasteiger partial charge is 0.481 e. The summed E-state index contributed by atoms with van der Waals surface area (Å²) in [6.07, 6.45) is -5.15. The Labute approximate surface area is 164 Å². The fourth-order valence-corrected chi connectivity index (χ4v) is 2.57. The molecule has 30 heavy (non-hydrogen) atoms. The Morgan fingerprint density at radius 2 is 1.90 bits per heavy atom. The number of hydrogen-bond donors (Lipinski definition) is 2. The third kappa shape index (κ3) is 5.02. The van der Waals surface area contributed by atoms with E-state index in [1.807, 2.05) is 0 Å². The van der Waals surface area contributed by atoms with Crippen LogP contribution >= 0.6 is 0 Å². The molecule has 1 atom stereocenters. The van der Waals surface area contributed by atoms with Gasteiger partial charge in [0, 0.05) is 12.1 Å². The van der Waals surface area contributed by atoms with Gasteiger partial charge in [-0.2, -0.15) is 35.7 Å². The van der Waals surface area contributed by atoms with E-state index in [4.69, 9.17) is 4.74 Å². The summed E-state index contributed by atoms with van der Waals surface area (Å²) in [6.45, 7) is -2.11. The zero-order valence-corrected chi connectivity index (χ0v) is 15.4. The number of methoxy groups -OCH3 is 1. The van der Waals surface area contributed by atoms with E-state index in [0.29, 0.717) is 19.0 Å². The number of hydrogen-bond acceptors (Lipinski definition) is 5. The van der Waals surface area contributed by atoms with Crippen LogP contribution in [-0.2, 0) is 11.3 Å². The number of nitrogens with zero attached hydrogens (tertiary/aromatic N) is 1. The van der Waals surface area contributed by atoms with Crippen LogP contribution in [0.15, 0.2) is 6.07 Å². The Balaban J connectivity index is 2.10. The summed E-state index contributed by atoms with van der Waals surface area (Å²) in [5.74, 6) is -15.6. The topological polar surface area (TPSA) is 72.5 Å². The van der Waals surface area contributed by atoms with Crippen molar-refractivity contribution in [3.63, 3.8) is 0 Å². The second kappa shape index (κ2) is 8.78. The summed E-state index contributed by atoms with van der Waals surface area (Å²) in [5, 5.41) is 5.41. The summed E-state index contributed by atoms with van der Waals surface area (Å²) in [4.78, 5) is 15.3. The number of ether oxygens (including phenoxy) is 2. The molecule has 1 aliphatic heterocycles. The molecule has 2 rings (SSSR count). The zero-order valence-electron chi connectivity index (χ0n) is 15.4. The molecule has 6 nitrogen and oxygen atoms in total. The van der Waals surface area contributed by atoms with Crippen molar-refractivity contribution in [2.75, 3.05) is 20.3 Å². The number of carbonyl (C=O) groups excluding carboxylic acids is 1. The van der Waals surface area contributed by atoms with Crippen LogP contribution in [0.4, 0.5) is 35.1 Å². The average Bonchev–Trinajstić information content (AvgIpc) is 3.19. The van der Waals surface area contributed by atoms with Gasteiger partial charge in [0.05, 0.1) is 13.2 Å². The van der Waals surface area contributed by atoms with Crippen LogP contribution < -0.4 is 20.1 Å². The molecule has 1 aromatic rings. The summed E-state index contributed by atoms with van der Waals surface area (Å²) < 4.78 is 112. The molecule has 0 aliphatic carbocycles. The molecule has 1 aliphatic rings. The average molecular weight is 451 g/mol. The fraction of sp³-hybridized carbons (Fsp3) is 0.625. The Bertz CT molecular complexity index is 767.